The minimum absolute atomic E-state index is 0.0956. The van der Waals surface area contributed by atoms with E-state index in [1.807, 2.05) is 93.8 Å². The number of hydrogen-bond donors (Lipinski definition) is 5. The number of nitrogens with one attached hydrogen (secondary N) is 4. The topological polar surface area (TPSA) is 212 Å². The lowest BCUT2D eigenvalue weighted by Crippen LogP contribution is -2.39. The molecule has 73 heavy (non-hydrogen) atoms. The number of terminal acetylenes is 1. The number of anilines is 4. The molecule has 0 spiro atoms. The number of thiazole rings is 1. The van der Waals surface area contributed by atoms with Crippen LogP contribution in [-0.2, 0) is 27.5 Å². The molecule has 1 aliphatic heterocycles. The molecule has 2 aliphatic rings. The summed E-state index contributed by atoms with van der Waals surface area (Å²) in [5, 5.41) is 32.6. The number of aliphatic hydroxyl groups excluding tert-OH is 1. The van der Waals surface area contributed by atoms with Crippen molar-refractivity contribution in [3.63, 3.8) is 0 Å². The zero-order valence-corrected chi connectivity index (χ0v) is 44.3. The van der Waals surface area contributed by atoms with Crippen molar-refractivity contribution in [3.8, 4) is 23.5 Å². The molecule has 2 fully saturated rings. The third-order valence-electron chi connectivity index (χ3n) is 12.1. The molecule has 4 aromatic heterocycles. The number of benzene rings is 2. The Hall–Kier alpha value is -6.88. The van der Waals surface area contributed by atoms with Gasteiger partial charge in [-0.05, 0) is 105 Å². The number of aryl methyl sites for hydroxylation is 1. The van der Waals surface area contributed by atoms with Crippen molar-refractivity contribution in [3.05, 3.63) is 101 Å². The van der Waals surface area contributed by atoms with Crippen LogP contribution in [0, 0.1) is 38.0 Å². The lowest BCUT2D eigenvalue weighted by atomic mass is 9.89. The first-order chi connectivity index (χ1) is 35.2. The highest BCUT2D eigenvalue weighted by Crippen LogP contribution is 2.33. The van der Waals surface area contributed by atoms with E-state index in [0.29, 0.717) is 73.6 Å². The van der Waals surface area contributed by atoms with Gasteiger partial charge in [-0.2, -0.15) is 5.10 Å². The molecule has 1 atom stereocenters. The van der Waals surface area contributed by atoms with Crippen LogP contribution in [0.15, 0.2) is 72.9 Å². The van der Waals surface area contributed by atoms with Crippen molar-refractivity contribution in [1.82, 2.24) is 50.2 Å². The predicted molar refractivity (Wildman–Crippen MR) is 292 cm³/mol. The summed E-state index contributed by atoms with van der Waals surface area (Å²) in [6, 6.07) is 21.1. The lowest BCUT2D eigenvalue weighted by molar-refractivity contribution is -0.132. The molecule has 386 valence electrons. The third-order valence-corrected chi connectivity index (χ3v) is 13.9. The molecule has 17 nitrogen and oxygen atoms in total. The SMILES string of the molecule is C#Cc1ccc(CNC=O)cc1.CC(C)C.Cc1cc(N(C)c2ccc(-c3cnn(CC4CCCCC4)c3C)c(C(=O)NSCCCC(=O)NCC(=O)N3CCC(O)C3)n2)nnc1Nc1nc2ccccc2s1. The number of nitrogens with zero attached hydrogens (tertiary/aromatic N) is 8. The van der Waals surface area contributed by atoms with Gasteiger partial charge in [0.2, 0.25) is 18.2 Å². The normalized spacial score (nSPS) is 14.3. The minimum Gasteiger partial charge on any atom is -0.391 e. The number of pyridine rings is 1. The molecule has 0 radical (unpaired) electrons. The Morgan fingerprint density at radius 3 is 2.41 bits per heavy atom. The molecule has 1 saturated heterocycles. The first-order valence-electron chi connectivity index (χ1n) is 24.8. The fourth-order valence-electron chi connectivity index (χ4n) is 8.13. The van der Waals surface area contributed by atoms with Crippen LogP contribution in [0.1, 0.15) is 105 Å². The van der Waals surface area contributed by atoms with Gasteiger partial charge in [-0.15, -0.1) is 16.6 Å². The fraction of sp³-hybridized carbons (Fsp3) is 0.426. The van der Waals surface area contributed by atoms with Gasteiger partial charge in [0.25, 0.3) is 5.91 Å². The number of para-hydroxylation sites is 1. The quantitative estimate of drug-likeness (QED) is 0.0237. The van der Waals surface area contributed by atoms with Gasteiger partial charge in [-0.25, -0.2) is 9.97 Å². The van der Waals surface area contributed by atoms with E-state index in [9.17, 15) is 24.3 Å². The van der Waals surface area contributed by atoms with Crippen molar-refractivity contribution >= 4 is 80.2 Å². The molecule has 8 rings (SSSR count). The van der Waals surface area contributed by atoms with E-state index in [-0.39, 0.29) is 36.4 Å². The van der Waals surface area contributed by atoms with Crippen molar-refractivity contribution in [2.75, 3.05) is 42.7 Å². The zero-order valence-electron chi connectivity index (χ0n) is 42.7. The molecule has 5 N–H and O–H groups in total. The van der Waals surface area contributed by atoms with Crippen LogP contribution in [0.4, 0.5) is 22.6 Å². The van der Waals surface area contributed by atoms with Crippen molar-refractivity contribution in [2.45, 2.75) is 105 Å². The Labute approximate surface area is 436 Å². The van der Waals surface area contributed by atoms with Crippen LogP contribution in [0.3, 0.4) is 0 Å². The van der Waals surface area contributed by atoms with Gasteiger partial charge >= 0.3 is 0 Å². The van der Waals surface area contributed by atoms with Gasteiger partial charge in [-0.1, -0.05) is 93.5 Å². The maximum atomic E-state index is 13.9. The van der Waals surface area contributed by atoms with Gasteiger partial charge in [-0.3, -0.25) is 28.6 Å². The zero-order chi connectivity index (χ0) is 52.3. The van der Waals surface area contributed by atoms with E-state index in [4.69, 9.17) is 16.5 Å². The van der Waals surface area contributed by atoms with Gasteiger partial charge < -0.3 is 30.9 Å². The maximum absolute atomic E-state index is 13.9. The first-order valence-corrected chi connectivity index (χ1v) is 26.6. The summed E-state index contributed by atoms with van der Waals surface area (Å²) in [6.07, 6.45) is 14.6. The van der Waals surface area contributed by atoms with Crippen LogP contribution in [0.2, 0.25) is 0 Å². The predicted octanol–water partition coefficient (Wildman–Crippen LogP) is 8.50. The number of carbonyl (C=O) groups excluding carboxylic acids is 4. The van der Waals surface area contributed by atoms with E-state index in [1.165, 1.54) is 44.1 Å². The molecule has 5 heterocycles. The molecule has 1 unspecified atom stereocenters. The van der Waals surface area contributed by atoms with Crippen LogP contribution in [-0.4, -0.2) is 103 Å². The third kappa shape index (κ3) is 16.6. The Bertz CT molecular complexity index is 2780. The van der Waals surface area contributed by atoms with Crippen LogP contribution in [0.25, 0.3) is 21.3 Å². The summed E-state index contributed by atoms with van der Waals surface area (Å²) in [5.41, 5.74) is 6.42. The van der Waals surface area contributed by atoms with E-state index >= 15 is 0 Å². The molecule has 2 aromatic carbocycles. The van der Waals surface area contributed by atoms with Crippen LogP contribution < -0.4 is 25.6 Å². The molecule has 1 saturated carbocycles. The summed E-state index contributed by atoms with van der Waals surface area (Å²) in [4.78, 5) is 61.5. The van der Waals surface area contributed by atoms with Crippen molar-refractivity contribution in [1.29, 1.82) is 0 Å². The second-order valence-corrected chi connectivity index (χ2v) is 20.7. The number of hydrogen-bond acceptors (Lipinski definition) is 14. The summed E-state index contributed by atoms with van der Waals surface area (Å²) >= 11 is 2.75. The number of fused-ring (bicyclic) bond motifs is 1. The van der Waals surface area contributed by atoms with Crippen molar-refractivity contribution < 1.29 is 24.3 Å². The van der Waals surface area contributed by atoms with Gasteiger partial charge in [0, 0.05) is 67.8 Å². The second-order valence-electron chi connectivity index (χ2n) is 18.8. The molecule has 1 aliphatic carbocycles. The highest BCUT2D eigenvalue weighted by atomic mass is 32.2. The van der Waals surface area contributed by atoms with E-state index in [1.54, 1.807) is 21.1 Å². The number of aromatic nitrogens is 6. The number of amides is 4. The molecular weight excluding hydrogens is 961 g/mol. The highest BCUT2D eigenvalue weighted by Gasteiger charge is 2.25. The molecule has 0 bridgehead atoms. The molecular formula is C54H68N12O5S2. The van der Waals surface area contributed by atoms with E-state index in [0.717, 1.165) is 55.8 Å². The van der Waals surface area contributed by atoms with Gasteiger partial charge in [0.1, 0.15) is 11.5 Å². The van der Waals surface area contributed by atoms with Gasteiger partial charge in [0.05, 0.1) is 29.1 Å². The second kappa shape index (κ2) is 27.8. The first kappa shape index (κ1) is 55.4. The van der Waals surface area contributed by atoms with Crippen LogP contribution in [0.5, 0.6) is 0 Å². The standard InChI is InChI=1S/C40H49N11O4S2.C10H9NO.C4H10/c1-25-20-34(46-47-38(25)45-40-43-31-12-7-8-13-32(31)57-40)49(3)33-16-15-29(30-21-42-51(26(30)2)23-27-10-5-4-6-11-27)37(44-33)39(55)48-56-19-9-14-35(53)41-22-36(54)50-18-17-28(52)24-50;1-2-9-3-5-10(6-4-9)7-11-8-12;1-4(2)3/h7-8,12-13,15-16,20-21,27-28,52H,4-6,9-11,14,17-19,22-24H2,1-3H3,(H,41,53)(H,48,55)(H,43,45,47);1,3-6,8H,7H2,(H,11,12);4H,1-3H3. The number of likely N-dealkylation sites (tertiary alicyclic amines) is 1. The highest BCUT2D eigenvalue weighted by molar-refractivity contribution is 7.97. The number of carbonyl (C=O) groups is 4. The maximum Gasteiger partial charge on any atom is 0.280 e. The smallest absolute Gasteiger partial charge is 0.280 e. The average molecular weight is 1030 g/mol. The molecule has 6 aromatic rings. The van der Waals surface area contributed by atoms with Crippen LogP contribution >= 0.6 is 23.3 Å². The number of rotatable bonds is 18. The summed E-state index contributed by atoms with van der Waals surface area (Å²) in [5.74, 6) is 5.27. The van der Waals surface area contributed by atoms with Crippen molar-refractivity contribution in [2.24, 2.45) is 11.8 Å². The summed E-state index contributed by atoms with van der Waals surface area (Å²) < 4.78 is 6.06. The Morgan fingerprint density at radius 2 is 1.73 bits per heavy atom. The summed E-state index contributed by atoms with van der Waals surface area (Å²) in [6.45, 7) is 12.6. The molecule has 4 amide bonds. The number of aliphatic hydroxyl groups is 1. The Morgan fingerprint density at radius 1 is 0.973 bits per heavy atom. The number of β-amino-alcohol motifs (C(OH)–C–C–N with tert-alkyl or cyclic N) is 1. The summed E-state index contributed by atoms with van der Waals surface area (Å²) in [7, 11) is 1.84. The monoisotopic (exact) mass is 1030 g/mol. The fourth-order valence-corrected chi connectivity index (χ4v) is 9.61. The van der Waals surface area contributed by atoms with E-state index in [2.05, 4.69) is 67.2 Å². The minimum atomic E-state index is -0.504. The lowest BCUT2D eigenvalue weighted by Gasteiger charge is -2.22. The Balaban J connectivity index is 0.000000466. The largest absolute Gasteiger partial charge is 0.391 e. The van der Waals surface area contributed by atoms with Gasteiger partial charge in [0.15, 0.2) is 16.8 Å². The Kier molecular flexibility index (Phi) is 21.1. The molecule has 19 heteroatoms. The average Bonchev–Trinajstić information content (AvgIpc) is 4.13. The van der Waals surface area contributed by atoms with E-state index < -0.39 is 6.10 Å².